The SMILES string of the molecule is [CH]C1C(=O)/C(=C/c2ccc(/C=C3\SC(=S)N(CC(=O)O)C3=O)o2)CC1=S. The van der Waals surface area contributed by atoms with E-state index in [1.807, 2.05) is 0 Å². The second kappa shape index (κ2) is 7.26. The number of carbonyl (C=O) groups excluding carboxylic acids is 2. The minimum atomic E-state index is -1.15. The van der Waals surface area contributed by atoms with Gasteiger partial charge in [0.2, 0.25) is 0 Å². The molecule has 1 amide bonds. The number of hydrogen-bond donors (Lipinski definition) is 1. The molecule has 6 nitrogen and oxygen atoms in total. The zero-order valence-corrected chi connectivity index (χ0v) is 15.6. The molecular formula is C17H11NO5S3. The van der Waals surface area contributed by atoms with Crippen molar-refractivity contribution in [2.75, 3.05) is 6.54 Å². The third-order valence-electron chi connectivity index (χ3n) is 3.71. The summed E-state index contributed by atoms with van der Waals surface area (Å²) >= 11 is 11.1. The Labute approximate surface area is 163 Å². The standard InChI is InChI=1S/C17H11NO5S3/c1-8-12(24)5-9(15(8)21)4-10-2-3-11(23-10)6-13-16(22)18(7-14(19)20)17(25)26-13/h1-4,6,8H,5,7H2,(H,19,20)/b9-4+,13-6-. The van der Waals surface area contributed by atoms with E-state index in [0.29, 0.717) is 28.4 Å². The lowest BCUT2D eigenvalue weighted by Crippen LogP contribution is -2.33. The van der Waals surface area contributed by atoms with E-state index in [2.05, 4.69) is 0 Å². The Morgan fingerprint density at radius 1 is 1.35 bits per heavy atom. The second-order valence-electron chi connectivity index (χ2n) is 5.56. The van der Waals surface area contributed by atoms with Gasteiger partial charge in [0.1, 0.15) is 22.4 Å². The number of carboxylic acids is 1. The lowest BCUT2D eigenvalue weighted by molar-refractivity contribution is -0.140. The summed E-state index contributed by atoms with van der Waals surface area (Å²) in [6, 6.07) is 3.28. The lowest BCUT2D eigenvalue weighted by Gasteiger charge is -2.09. The van der Waals surface area contributed by atoms with Gasteiger partial charge in [0.25, 0.3) is 5.91 Å². The van der Waals surface area contributed by atoms with Crippen molar-refractivity contribution in [2.24, 2.45) is 5.92 Å². The molecule has 1 aliphatic carbocycles. The molecule has 1 saturated carbocycles. The number of aliphatic carboxylic acids is 1. The van der Waals surface area contributed by atoms with E-state index in [1.54, 1.807) is 18.2 Å². The van der Waals surface area contributed by atoms with Crippen molar-refractivity contribution < 1.29 is 23.9 Å². The normalized spacial score (nSPS) is 23.7. The van der Waals surface area contributed by atoms with Gasteiger partial charge in [0, 0.05) is 22.9 Å². The Hall–Kier alpha value is -2.10. The Bertz CT molecular complexity index is 911. The van der Waals surface area contributed by atoms with E-state index in [-0.39, 0.29) is 15.0 Å². The molecule has 3 rings (SSSR count). The number of amides is 1. The minimum absolute atomic E-state index is 0.177. The third-order valence-corrected chi connectivity index (χ3v) is 5.49. The molecule has 1 atom stereocenters. The first-order valence-corrected chi connectivity index (χ1v) is 8.99. The minimum Gasteiger partial charge on any atom is -0.480 e. The first kappa shape index (κ1) is 18.7. The van der Waals surface area contributed by atoms with Gasteiger partial charge in [-0.3, -0.25) is 19.3 Å². The third kappa shape index (κ3) is 3.69. The molecule has 0 aromatic carbocycles. The van der Waals surface area contributed by atoms with Gasteiger partial charge in [-0.2, -0.15) is 0 Å². The van der Waals surface area contributed by atoms with E-state index in [9.17, 15) is 14.4 Å². The molecule has 1 N–H and O–H groups in total. The Morgan fingerprint density at radius 3 is 2.58 bits per heavy atom. The number of Topliss-reactive ketones (excluding diaryl/α,β-unsaturated/α-hetero) is 1. The number of furan rings is 1. The van der Waals surface area contributed by atoms with Crippen molar-refractivity contribution in [3.05, 3.63) is 41.1 Å². The molecule has 0 spiro atoms. The molecular weight excluding hydrogens is 394 g/mol. The average molecular weight is 405 g/mol. The maximum Gasteiger partial charge on any atom is 0.323 e. The predicted molar refractivity (Wildman–Crippen MR) is 104 cm³/mol. The number of nitrogens with zero attached hydrogens (tertiary/aromatic N) is 1. The molecule has 2 aliphatic rings. The summed E-state index contributed by atoms with van der Waals surface area (Å²) in [5, 5.41) is 8.83. The molecule has 2 heterocycles. The molecule has 26 heavy (non-hydrogen) atoms. The van der Waals surface area contributed by atoms with Gasteiger partial charge in [-0.05, 0) is 25.1 Å². The van der Waals surface area contributed by atoms with Gasteiger partial charge >= 0.3 is 5.97 Å². The number of rotatable bonds is 4. The van der Waals surface area contributed by atoms with E-state index in [4.69, 9.17) is 40.9 Å². The zero-order chi connectivity index (χ0) is 19.0. The number of allylic oxidation sites excluding steroid dienone is 1. The Morgan fingerprint density at radius 2 is 2.00 bits per heavy atom. The zero-order valence-electron chi connectivity index (χ0n) is 13.1. The van der Waals surface area contributed by atoms with Gasteiger partial charge in [0.15, 0.2) is 5.78 Å². The molecule has 9 heteroatoms. The number of hydrogen-bond acceptors (Lipinski definition) is 7. The summed E-state index contributed by atoms with van der Waals surface area (Å²) in [6.07, 6.45) is 3.39. The van der Waals surface area contributed by atoms with Crippen LogP contribution >= 0.6 is 36.2 Å². The van der Waals surface area contributed by atoms with Crippen LogP contribution in [0, 0.1) is 12.8 Å². The first-order valence-electron chi connectivity index (χ1n) is 7.36. The monoisotopic (exact) mass is 405 g/mol. The van der Waals surface area contributed by atoms with Crippen LogP contribution in [0.4, 0.5) is 0 Å². The van der Waals surface area contributed by atoms with Crippen molar-refractivity contribution in [3.8, 4) is 0 Å². The Balaban J connectivity index is 1.79. The number of thiocarbonyl (C=S) groups is 2. The van der Waals surface area contributed by atoms with E-state index >= 15 is 0 Å². The van der Waals surface area contributed by atoms with Gasteiger partial charge < -0.3 is 9.52 Å². The second-order valence-corrected chi connectivity index (χ2v) is 7.76. The largest absolute Gasteiger partial charge is 0.480 e. The van der Waals surface area contributed by atoms with Crippen molar-refractivity contribution >= 4 is 75.2 Å². The van der Waals surface area contributed by atoms with Crippen LogP contribution in [0.15, 0.2) is 27.0 Å². The highest BCUT2D eigenvalue weighted by Crippen LogP contribution is 2.33. The number of carboxylic acid groups (broad SMARTS) is 1. The number of carbonyl (C=O) groups is 3. The fourth-order valence-electron chi connectivity index (χ4n) is 2.45. The molecule has 2 fully saturated rings. The average Bonchev–Trinajstić information content (AvgIpc) is 3.19. The van der Waals surface area contributed by atoms with E-state index < -0.39 is 24.3 Å². The fraction of sp³-hybridized carbons (Fsp3) is 0.176. The molecule has 1 aromatic heterocycles. The van der Waals surface area contributed by atoms with Crippen molar-refractivity contribution in [3.63, 3.8) is 0 Å². The van der Waals surface area contributed by atoms with Gasteiger partial charge in [0.05, 0.1) is 10.8 Å². The Kier molecular flexibility index (Phi) is 5.22. The molecule has 1 saturated heterocycles. The highest BCUT2D eigenvalue weighted by molar-refractivity contribution is 8.26. The predicted octanol–water partition coefficient (Wildman–Crippen LogP) is 2.62. The maximum absolute atomic E-state index is 12.2. The van der Waals surface area contributed by atoms with Crippen molar-refractivity contribution in [2.45, 2.75) is 6.42 Å². The summed E-state index contributed by atoms with van der Waals surface area (Å²) in [5.41, 5.74) is 0.483. The van der Waals surface area contributed by atoms with Crippen LogP contribution in [0.25, 0.3) is 12.2 Å². The van der Waals surface area contributed by atoms with Gasteiger partial charge in [-0.25, -0.2) is 0 Å². The molecule has 1 unspecified atom stereocenters. The molecule has 132 valence electrons. The van der Waals surface area contributed by atoms with E-state index in [0.717, 1.165) is 16.7 Å². The molecule has 1 aromatic rings. The van der Waals surface area contributed by atoms with Crippen LogP contribution in [-0.2, 0) is 14.4 Å². The van der Waals surface area contributed by atoms with Crippen LogP contribution < -0.4 is 0 Å². The highest BCUT2D eigenvalue weighted by atomic mass is 32.2. The van der Waals surface area contributed by atoms with Crippen molar-refractivity contribution in [1.29, 1.82) is 0 Å². The van der Waals surface area contributed by atoms with Crippen LogP contribution in [-0.4, -0.2) is 43.4 Å². The maximum atomic E-state index is 12.2. The fourth-order valence-corrected chi connectivity index (χ4v) is 3.95. The van der Waals surface area contributed by atoms with Crippen LogP contribution in [0.2, 0.25) is 0 Å². The summed E-state index contributed by atoms with van der Waals surface area (Å²) in [6.45, 7) is 5.20. The molecule has 2 radical (unpaired) electrons. The van der Waals surface area contributed by atoms with Crippen LogP contribution in [0.5, 0.6) is 0 Å². The van der Waals surface area contributed by atoms with E-state index in [1.165, 1.54) is 6.08 Å². The quantitative estimate of drug-likeness (QED) is 0.604. The van der Waals surface area contributed by atoms with Gasteiger partial charge in [-0.15, -0.1) is 0 Å². The lowest BCUT2D eigenvalue weighted by atomic mass is 10.1. The number of thioether (sulfide) groups is 1. The summed E-state index contributed by atoms with van der Waals surface area (Å²) in [5.74, 6) is -1.79. The first-order chi connectivity index (χ1) is 12.3. The van der Waals surface area contributed by atoms with Crippen molar-refractivity contribution in [1.82, 2.24) is 4.90 Å². The summed E-state index contributed by atoms with van der Waals surface area (Å²) in [7, 11) is 0. The smallest absolute Gasteiger partial charge is 0.323 e. The molecule has 1 aliphatic heterocycles. The van der Waals surface area contributed by atoms with Gasteiger partial charge in [-0.1, -0.05) is 36.2 Å². The molecule has 0 bridgehead atoms. The highest BCUT2D eigenvalue weighted by Gasteiger charge is 2.34. The summed E-state index contributed by atoms with van der Waals surface area (Å²) < 4.78 is 5.77. The van der Waals surface area contributed by atoms with Crippen LogP contribution in [0.3, 0.4) is 0 Å². The summed E-state index contributed by atoms with van der Waals surface area (Å²) in [4.78, 5) is 36.8. The topological polar surface area (TPSA) is 87.8 Å². The number of ketones is 1. The van der Waals surface area contributed by atoms with Crippen LogP contribution in [0.1, 0.15) is 17.9 Å².